The monoisotopic (exact) mass is 584 g/mol. The van der Waals surface area contributed by atoms with Crippen molar-refractivity contribution in [1.29, 1.82) is 0 Å². The van der Waals surface area contributed by atoms with Gasteiger partial charge in [0.15, 0.2) is 0 Å². The lowest BCUT2D eigenvalue weighted by molar-refractivity contribution is -0.140. The van der Waals surface area contributed by atoms with Crippen LogP contribution in [-0.4, -0.2) is 40.7 Å². The van der Waals surface area contributed by atoms with Crippen LogP contribution in [0.4, 0.5) is 0 Å². The summed E-state index contributed by atoms with van der Waals surface area (Å²) in [6, 6.07) is 0. The Hall–Kier alpha value is -3.71. The molecule has 6 aliphatic rings. The summed E-state index contributed by atoms with van der Waals surface area (Å²) < 4.78 is 4.98. The van der Waals surface area contributed by atoms with Crippen LogP contribution in [0.3, 0.4) is 0 Å². The third-order valence-electron chi connectivity index (χ3n) is 9.39. The maximum atomic E-state index is 12.2. The van der Waals surface area contributed by atoms with Gasteiger partial charge in [-0.25, -0.2) is 15.0 Å². The SMILES string of the molecule is CCC1=C(C)C2=NC1=CC1=C(C)C3=C(O)CC(=C4NC(=CC5=NC(=C2)C(C(C)Cl)=C5C)[C@@H](C)[C@@H]4CCC(=O)OC)C3=N1. The van der Waals surface area contributed by atoms with Gasteiger partial charge in [-0.05, 0) is 81.1 Å². The van der Waals surface area contributed by atoms with E-state index in [1.807, 2.05) is 19.9 Å². The molecule has 218 valence electrons. The number of nitrogens with one attached hydrogen (secondary N) is 1. The molecule has 42 heavy (non-hydrogen) atoms. The molecule has 1 aliphatic carbocycles. The molecule has 1 unspecified atom stereocenters. The number of fused-ring (bicyclic) bond motifs is 5. The fraction of sp³-hybridized carbons (Fsp3) is 0.412. The van der Waals surface area contributed by atoms with Crippen molar-refractivity contribution in [3.63, 3.8) is 0 Å². The first-order valence-electron chi connectivity index (χ1n) is 14.7. The van der Waals surface area contributed by atoms with Gasteiger partial charge in [0.2, 0.25) is 0 Å². The molecule has 8 bridgehead atoms. The zero-order valence-corrected chi connectivity index (χ0v) is 26.0. The minimum absolute atomic E-state index is 0.0187. The Labute approximate surface area is 252 Å². The second-order valence-electron chi connectivity index (χ2n) is 11.8. The van der Waals surface area contributed by atoms with Crippen LogP contribution in [-0.2, 0) is 9.53 Å². The van der Waals surface area contributed by atoms with Gasteiger partial charge in [0.1, 0.15) is 5.76 Å². The smallest absolute Gasteiger partial charge is 0.305 e. The number of hydrogen-bond acceptors (Lipinski definition) is 7. The third-order valence-corrected chi connectivity index (χ3v) is 9.60. The standard InChI is InChI=1S/C34H37ClN4O3/c1-8-20-15(2)23-14-28-31(19(6)35)17(4)25(37-28)12-24-16(3)21(9-10-30(41)42-7)33(38-24)22-11-29(40)32-18(5)26(39-34(22)32)13-27(20)36-23/h12-14,16,19,21,38,40H,8-11H2,1-7H3/t16-,19?,21-/m0/s1. The number of alkyl halides is 1. The second kappa shape index (κ2) is 10.5. The highest BCUT2D eigenvalue weighted by Gasteiger charge is 2.41. The summed E-state index contributed by atoms with van der Waals surface area (Å²) in [6.45, 7) is 12.5. The summed E-state index contributed by atoms with van der Waals surface area (Å²) in [7, 11) is 1.42. The molecule has 1 fully saturated rings. The largest absolute Gasteiger partial charge is 0.511 e. The van der Waals surface area contributed by atoms with Gasteiger partial charge in [-0.3, -0.25) is 4.79 Å². The van der Waals surface area contributed by atoms with E-state index in [1.54, 1.807) is 0 Å². The van der Waals surface area contributed by atoms with Crippen molar-refractivity contribution in [1.82, 2.24) is 5.32 Å². The fourth-order valence-electron chi connectivity index (χ4n) is 7.00. The molecule has 5 aliphatic heterocycles. The van der Waals surface area contributed by atoms with Crippen LogP contribution < -0.4 is 5.32 Å². The average Bonchev–Trinajstić information content (AvgIpc) is 3.70. The predicted octanol–water partition coefficient (Wildman–Crippen LogP) is 7.24. The van der Waals surface area contributed by atoms with Crippen molar-refractivity contribution >= 4 is 34.7 Å². The first kappa shape index (κ1) is 28.4. The van der Waals surface area contributed by atoms with E-state index in [1.165, 1.54) is 12.7 Å². The summed E-state index contributed by atoms with van der Waals surface area (Å²) in [6.07, 6.45) is 8.36. The molecular weight excluding hydrogens is 548 g/mol. The summed E-state index contributed by atoms with van der Waals surface area (Å²) in [4.78, 5) is 27.4. The fourth-order valence-corrected chi connectivity index (χ4v) is 7.28. The van der Waals surface area contributed by atoms with E-state index in [0.717, 1.165) is 85.5 Å². The summed E-state index contributed by atoms with van der Waals surface area (Å²) in [5.41, 5.74) is 14.1. The number of ether oxygens (including phenoxy) is 1. The van der Waals surface area contributed by atoms with Crippen molar-refractivity contribution in [2.45, 2.75) is 72.6 Å². The van der Waals surface area contributed by atoms with E-state index in [-0.39, 0.29) is 23.2 Å². The lowest BCUT2D eigenvalue weighted by Gasteiger charge is -2.17. The minimum atomic E-state index is -0.235. The molecule has 2 N–H and O–H groups in total. The van der Waals surface area contributed by atoms with Gasteiger partial charge in [-0.15, -0.1) is 11.6 Å². The topological polar surface area (TPSA) is 95.6 Å². The van der Waals surface area contributed by atoms with Gasteiger partial charge in [-0.1, -0.05) is 13.8 Å². The van der Waals surface area contributed by atoms with Crippen LogP contribution in [0, 0.1) is 11.8 Å². The van der Waals surface area contributed by atoms with Crippen LogP contribution in [0.5, 0.6) is 0 Å². The number of methoxy groups -OCH3 is 1. The molecule has 8 heteroatoms. The molecule has 0 aromatic rings. The molecule has 0 aromatic heterocycles. The number of esters is 1. The van der Waals surface area contributed by atoms with Crippen LogP contribution in [0.2, 0.25) is 0 Å². The zero-order valence-electron chi connectivity index (χ0n) is 25.3. The van der Waals surface area contributed by atoms with Crippen LogP contribution in [0.15, 0.2) is 106 Å². The van der Waals surface area contributed by atoms with Crippen LogP contribution in [0.25, 0.3) is 0 Å². The molecule has 3 atom stereocenters. The third kappa shape index (κ3) is 4.41. The van der Waals surface area contributed by atoms with E-state index in [2.05, 4.69) is 45.2 Å². The average molecular weight is 585 g/mol. The number of aliphatic imine (C=N–C) groups is 3. The van der Waals surface area contributed by atoms with E-state index in [9.17, 15) is 9.90 Å². The predicted molar refractivity (Wildman–Crippen MR) is 169 cm³/mol. The maximum Gasteiger partial charge on any atom is 0.305 e. The number of halogens is 1. The van der Waals surface area contributed by atoms with E-state index in [4.69, 9.17) is 31.3 Å². The Bertz CT molecular complexity index is 1680. The van der Waals surface area contributed by atoms with Gasteiger partial charge in [0.25, 0.3) is 0 Å². The van der Waals surface area contributed by atoms with Gasteiger partial charge in [0, 0.05) is 52.8 Å². The Balaban J connectivity index is 1.60. The molecule has 7 nitrogen and oxygen atoms in total. The number of allylic oxidation sites excluding steroid dienone is 12. The van der Waals surface area contributed by atoms with E-state index in [0.29, 0.717) is 25.0 Å². The lowest BCUT2D eigenvalue weighted by Crippen LogP contribution is -2.16. The molecule has 0 saturated carbocycles. The molecular formula is C34H37ClN4O3. The van der Waals surface area contributed by atoms with Crippen molar-refractivity contribution in [2.75, 3.05) is 7.11 Å². The van der Waals surface area contributed by atoms with Gasteiger partial charge >= 0.3 is 5.97 Å². The number of hydrogen-bond donors (Lipinski definition) is 2. The molecule has 0 spiro atoms. The Morgan fingerprint density at radius 1 is 1.10 bits per heavy atom. The van der Waals surface area contributed by atoms with E-state index < -0.39 is 0 Å². The van der Waals surface area contributed by atoms with Crippen molar-refractivity contribution in [3.05, 3.63) is 91.5 Å². The first-order valence-corrected chi connectivity index (χ1v) is 15.2. The lowest BCUT2D eigenvalue weighted by atomic mass is 9.86. The summed E-state index contributed by atoms with van der Waals surface area (Å²) in [5, 5.41) is 14.7. The summed E-state index contributed by atoms with van der Waals surface area (Å²) in [5.74, 6) is 0.188. The number of aliphatic hydroxyl groups excluding tert-OH is 1. The van der Waals surface area contributed by atoms with E-state index >= 15 is 0 Å². The Morgan fingerprint density at radius 2 is 1.81 bits per heavy atom. The Kier molecular flexibility index (Phi) is 7.12. The molecule has 0 radical (unpaired) electrons. The van der Waals surface area contributed by atoms with Gasteiger partial charge in [-0.2, -0.15) is 0 Å². The normalized spacial score (nSPS) is 25.5. The summed E-state index contributed by atoms with van der Waals surface area (Å²) >= 11 is 6.74. The highest BCUT2D eigenvalue weighted by atomic mass is 35.5. The highest BCUT2D eigenvalue weighted by Crippen LogP contribution is 2.46. The second-order valence-corrected chi connectivity index (χ2v) is 12.4. The highest BCUT2D eigenvalue weighted by molar-refractivity contribution is 6.25. The molecule has 0 aromatic carbocycles. The zero-order chi connectivity index (χ0) is 30.0. The molecule has 0 amide bonds. The first-order chi connectivity index (χ1) is 20.0. The molecule has 1 saturated heterocycles. The van der Waals surface area contributed by atoms with Crippen molar-refractivity contribution < 1.29 is 14.6 Å². The molecule has 5 heterocycles. The number of carbonyl (C=O) groups is 1. The number of carbonyl (C=O) groups excluding carboxylic acids is 1. The minimum Gasteiger partial charge on any atom is -0.511 e. The Morgan fingerprint density at radius 3 is 2.50 bits per heavy atom. The van der Waals surface area contributed by atoms with Crippen LogP contribution >= 0.6 is 11.6 Å². The quantitative estimate of drug-likeness (QED) is 0.263. The van der Waals surface area contributed by atoms with Crippen molar-refractivity contribution in [2.24, 2.45) is 26.8 Å². The van der Waals surface area contributed by atoms with Gasteiger partial charge < -0.3 is 15.2 Å². The van der Waals surface area contributed by atoms with Crippen LogP contribution in [0.1, 0.15) is 67.2 Å². The maximum absolute atomic E-state index is 12.2. The number of aliphatic hydroxyl groups is 1. The van der Waals surface area contributed by atoms with Crippen molar-refractivity contribution in [3.8, 4) is 0 Å². The number of rotatable bonds is 5. The molecule has 6 rings (SSSR count). The number of nitrogens with zero attached hydrogens (tertiary/aromatic N) is 3. The van der Waals surface area contributed by atoms with Gasteiger partial charge in [0.05, 0.1) is 46.7 Å².